The van der Waals surface area contributed by atoms with Crippen molar-refractivity contribution in [2.75, 3.05) is 6.61 Å². The number of hydrogen-bond acceptors (Lipinski definition) is 9. The molecule has 1 aliphatic rings. The van der Waals surface area contributed by atoms with E-state index < -0.39 is 57.9 Å². The number of aromatic hydroxyl groups is 6. The minimum Gasteiger partial charge on any atom is -0.508 e. The van der Waals surface area contributed by atoms with Crippen LogP contribution in [0.1, 0.15) is 55.5 Å². The predicted molar refractivity (Wildman–Crippen MR) is 135 cm³/mol. The maximum absolute atomic E-state index is 13.1. The number of Topliss-reactive ketones (excluding diaryl/α,β-unsaturated/α-hetero) is 1. The summed E-state index contributed by atoms with van der Waals surface area (Å²) in [4.78, 5) is 25.2. The minimum atomic E-state index is -0.745. The molecule has 0 saturated heterocycles. The van der Waals surface area contributed by atoms with Gasteiger partial charge in [0.2, 0.25) is 0 Å². The highest BCUT2D eigenvalue weighted by Crippen LogP contribution is 2.49. The van der Waals surface area contributed by atoms with E-state index in [2.05, 4.69) is 0 Å². The topological polar surface area (TPSA) is 165 Å². The molecule has 37 heavy (non-hydrogen) atoms. The number of ether oxygens (including phenoxy) is 1. The summed E-state index contributed by atoms with van der Waals surface area (Å²) in [5, 5.41) is 63.1. The zero-order valence-electron chi connectivity index (χ0n) is 19.9. The summed E-state index contributed by atoms with van der Waals surface area (Å²) in [6.07, 6.45) is 5.28. The SMILES string of the molecule is CC(=O)c1c(O)c(C)c(O)c(Cc2c(O)c(C(=O)/C=C/c3ccc(O)cc3)c(O)c3c2OCC=C3)c1O. The number of rotatable bonds is 6. The second-order valence-corrected chi connectivity index (χ2v) is 8.55. The number of allylic oxidation sites excluding steroid dienone is 1. The molecule has 1 heterocycles. The largest absolute Gasteiger partial charge is 0.508 e. The lowest BCUT2D eigenvalue weighted by molar-refractivity contribution is 0.100. The Morgan fingerprint density at radius 2 is 1.51 bits per heavy atom. The molecule has 0 fully saturated rings. The summed E-state index contributed by atoms with van der Waals surface area (Å²) in [7, 11) is 0. The van der Waals surface area contributed by atoms with Crippen molar-refractivity contribution in [1.82, 2.24) is 0 Å². The average molecular weight is 504 g/mol. The Bertz CT molecular complexity index is 1500. The number of carbonyl (C=O) groups is 2. The highest BCUT2D eigenvalue weighted by Gasteiger charge is 2.31. The molecule has 0 amide bonds. The fourth-order valence-electron chi connectivity index (χ4n) is 4.21. The first-order valence-electron chi connectivity index (χ1n) is 11.2. The Hall–Kier alpha value is -4.92. The molecule has 0 spiro atoms. The molecule has 0 aliphatic carbocycles. The van der Waals surface area contributed by atoms with E-state index in [1.807, 2.05) is 0 Å². The Kier molecular flexibility index (Phi) is 6.54. The Morgan fingerprint density at radius 3 is 2.16 bits per heavy atom. The molecule has 190 valence electrons. The predicted octanol–water partition coefficient (Wildman–Crippen LogP) is 4.32. The molecule has 3 aromatic carbocycles. The molecule has 6 N–H and O–H groups in total. The molecule has 0 unspecified atom stereocenters. The molecule has 0 radical (unpaired) electrons. The van der Waals surface area contributed by atoms with Crippen LogP contribution >= 0.6 is 0 Å². The summed E-state index contributed by atoms with van der Waals surface area (Å²) in [5.74, 6) is -4.23. The van der Waals surface area contributed by atoms with Crippen LogP contribution in [0.5, 0.6) is 40.2 Å². The number of carbonyl (C=O) groups excluding carboxylic acids is 2. The molecule has 4 rings (SSSR count). The number of phenols is 6. The number of ketones is 2. The number of fused-ring (bicyclic) bond motifs is 1. The third-order valence-corrected chi connectivity index (χ3v) is 6.17. The third kappa shape index (κ3) is 4.42. The molecule has 0 saturated carbocycles. The lowest BCUT2D eigenvalue weighted by Crippen LogP contribution is -2.09. The molecule has 3 aromatic rings. The zero-order chi connectivity index (χ0) is 27.0. The number of hydrogen-bond donors (Lipinski definition) is 6. The van der Waals surface area contributed by atoms with Crippen molar-refractivity contribution in [2.24, 2.45) is 0 Å². The quantitative estimate of drug-likeness (QED) is 0.212. The van der Waals surface area contributed by atoms with Gasteiger partial charge < -0.3 is 35.4 Å². The van der Waals surface area contributed by atoms with E-state index in [1.54, 1.807) is 18.2 Å². The van der Waals surface area contributed by atoms with Gasteiger partial charge in [0.05, 0.1) is 5.56 Å². The second kappa shape index (κ2) is 9.62. The van der Waals surface area contributed by atoms with E-state index in [0.29, 0.717) is 5.56 Å². The van der Waals surface area contributed by atoms with Gasteiger partial charge in [-0.1, -0.05) is 18.2 Å². The van der Waals surface area contributed by atoms with E-state index >= 15 is 0 Å². The summed E-state index contributed by atoms with van der Waals surface area (Å²) >= 11 is 0. The molecule has 0 bridgehead atoms. The van der Waals surface area contributed by atoms with Gasteiger partial charge in [0.25, 0.3) is 0 Å². The monoisotopic (exact) mass is 504 g/mol. The van der Waals surface area contributed by atoms with Crippen LogP contribution in [0.4, 0.5) is 0 Å². The van der Waals surface area contributed by atoms with Crippen LogP contribution in [0.2, 0.25) is 0 Å². The van der Waals surface area contributed by atoms with Crippen LogP contribution < -0.4 is 4.74 Å². The highest BCUT2D eigenvalue weighted by molar-refractivity contribution is 6.12. The summed E-state index contributed by atoms with van der Waals surface area (Å²) < 4.78 is 5.64. The number of benzene rings is 3. The van der Waals surface area contributed by atoms with Gasteiger partial charge >= 0.3 is 0 Å². The van der Waals surface area contributed by atoms with Crippen LogP contribution in [-0.4, -0.2) is 48.8 Å². The normalized spacial score (nSPS) is 12.4. The third-order valence-electron chi connectivity index (χ3n) is 6.17. The van der Waals surface area contributed by atoms with Crippen molar-refractivity contribution in [1.29, 1.82) is 0 Å². The van der Waals surface area contributed by atoms with Gasteiger partial charge in [-0.05, 0) is 49.8 Å². The summed E-state index contributed by atoms with van der Waals surface area (Å²) in [6.45, 7) is 2.59. The average Bonchev–Trinajstić information content (AvgIpc) is 2.86. The van der Waals surface area contributed by atoms with E-state index in [9.17, 15) is 40.2 Å². The van der Waals surface area contributed by atoms with Crippen molar-refractivity contribution >= 4 is 23.7 Å². The van der Waals surface area contributed by atoms with Crippen molar-refractivity contribution in [3.63, 3.8) is 0 Å². The molecule has 9 heteroatoms. The molecule has 0 atom stereocenters. The van der Waals surface area contributed by atoms with E-state index in [-0.39, 0.29) is 40.4 Å². The summed E-state index contributed by atoms with van der Waals surface area (Å²) in [5.41, 5.74) is -0.395. The van der Waals surface area contributed by atoms with E-state index in [0.717, 1.165) is 13.0 Å². The van der Waals surface area contributed by atoms with Crippen molar-refractivity contribution in [3.05, 3.63) is 75.4 Å². The Labute approximate surface area is 211 Å². The van der Waals surface area contributed by atoms with Gasteiger partial charge in [-0.2, -0.15) is 0 Å². The lowest BCUT2D eigenvalue weighted by atomic mass is 9.90. The van der Waals surface area contributed by atoms with Crippen LogP contribution in [0.3, 0.4) is 0 Å². The fourth-order valence-corrected chi connectivity index (χ4v) is 4.21. The van der Waals surface area contributed by atoms with Gasteiger partial charge in [0, 0.05) is 23.1 Å². The highest BCUT2D eigenvalue weighted by atomic mass is 16.5. The Morgan fingerprint density at radius 1 is 0.865 bits per heavy atom. The molecular formula is C28H24O9. The second-order valence-electron chi connectivity index (χ2n) is 8.55. The van der Waals surface area contributed by atoms with Crippen LogP contribution in [0.25, 0.3) is 12.2 Å². The van der Waals surface area contributed by atoms with Crippen molar-refractivity contribution in [2.45, 2.75) is 20.3 Å². The van der Waals surface area contributed by atoms with Crippen LogP contribution in [0.15, 0.2) is 36.4 Å². The van der Waals surface area contributed by atoms with Gasteiger partial charge in [-0.25, -0.2) is 0 Å². The summed E-state index contributed by atoms with van der Waals surface area (Å²) in [6, 6.07) is 6.01. The first-order valence-corrected chi connectivity index (χ1v) is 11.2. The van der Waals surface area contributed by atoms with Gasteiger partial charge in [0.1, 0.15) is 58.0 Å². The standard InChI is InChI=1S/C28H24O9/c1-13-23(32)18(26(35)21(14(2)29)24(13)33)12-19-27(36)22(25(34)17-4-3-11-37-28(17)19)20(31)10-7-15-5-8-16(30)9-6-15/h3-10,30,32-36H,11-12H2,1-2H3/b10-7+. The van der Waals surface area contributed by atoms with Gasteiger partial charge in [-0.15, -0.1) is 0 Å². The first-order chi connectivity index (χ1) is 17.5. The van der Waals surface area contributed by atoms with Crippen molar-refractivity contribution < 1.29 is 45.0 Å². The van der Waals surface area contributed by atoms with E-state index in [1.165, 1.54) is 31.2 Å². The number of phenolic OH excluding ortho intramolecular Hbond substituents is 6. The van der Waals surface area contributed by atoms with Crippen molar-refractivity contribution in [3.8, 4) is 40.2 Å². The molecule has 9 nitrogen and oxygen atoms in total. The van der Waals surface area contributed by atoms with Crippen LogP contribution in [-0.2, 0) is 6.42 Å². The first kappa shape index (κ1) is 25.2. The lowest BCUT2D eigenvalue weighted by Gasteiger charge is -2.22. The maximum Gasteiger partial charge on any atom is 0.193 e. The Balaban J connectivity index is 1.88. The van der Waals surface area contributed by atoms with E-state index in [4.69, 9.17) is 4.74 Å². The molecule has 0 aromatic heterocycles. The fraction of sp³-hybridized carbons (Fsp3) is 0.143. The minimum absolute atomic E-state index is 0.0243. The molecule has 1 aliphatic heterocycles. The smallest absolute Gasteiger partial charge is 0.193 e. The van der Waals surface area contributed by atoms with Gasteiger partial charge in [-0.3, -0.25) is 9.59 Å². The zero-order valence-corrected chi connectivity index (χ0v) is 19.9. The maximum atomic E-state index is 13.1. The van der Waals surface area contributed by atoms with Gasteiger partial charge in [0.15, 0.2) is 11.6 Å². The molecular weight excluding hydrogens is 480 g/mol. The van der Waals surface area contributed by atoms with Crippen LogP contribution in [0, 0.1) is 6.92 Å².